The van der Waals surface area contributed by atoms with Gasteiger partial charge in [0, 0.05) is 30.2 Å². The Kier molecular flexibility index (Phi) is 8.33. The Labute approximate surface area is 156 Å². The zero-order chi connectivity index (χ0) is 17.5. The number of benzene rings is 1. The number of methoxy groups -OCH3 is 1. The van der Waals surface area contributed by atoms with E-state index in [1.165, 1.54) is 16.2 Å². The first-order chi connectivity index (χ1) is 11.6. The number of nitrogens with one attached hydrogen (secondary N) is 1. The number of halogens is 1. The SMILES string of the molecule is CCN(CC(=O)Nc1cccc(OC)c1)C(=O)c1csc(CN)n1.Cl. The summed E-state index contributed by atoms with van der Waals surface area (Å²) >= 11 is 1.33. The molecule has 0 radical (unpaired) electrons. The van der Waals surface area contributed by atoms with Crippen LogP contribution in [0.5, 0.6) is 5.75 Å². The van der Waals surface area contributed by atoms with Crippen LogP contribution in [-0.2, 0) is 11.3 Å². The first-order valence-corrected chi connectivity index (χ1v) is 8.33. The maximum absolute atomic E-state index is 12.4. The number of hydrogen-bond donors (Lipinski definition) is 2. The van der Waals surface area contributed by atoms with Crippen molar-refractivity contribution in [1.82, 2.24) is 9.88 Å². The van der Waals surface area contributed by atoms with E-state index in [4.69, 9.17) is 10.5 Å². The van der Waals surface area contributed by atoms with E-state index in [2.05, 4.69) is 10.3 Å². The monoisotopic (exact) mass is 384 g/mol. The molecule has 2 aromatic rings. The van der Waals surface area contributed by atoms with Crippen molar-refractivity contribution in [2.45, 2.75) is 13.5 Å². The standard InChI is InChI=1S/C16H20N4O3S.ClH/c1-3-20(16(22)13-10-24-15(8-17)19-13)9-14(21)18-11-5-4-6-12(7-11)23-2;/h4-7,10H,3,8-9,17H2,1-2H3,(H,18,21);1H. The van der Waals surface area contributed by atoms with Gasteiger partial charge in [0.15, 0.2) is 0 Å². The van der Waals surface area contributed by atoms with Gasteiger partial charge in [0.05, 0.1) is 7.11 Å². The highest BCUT2D eigenvalue weighted by molar-refractivity contribution is 7.09. The average molecular weight is 385 g/mol. The topological polar surface area (TPSA) is 97.6 Å². The summed E-state index contributed by atoms with van der Waals surface area (Å²) in [6.45, 7) is 2.45. The van der Waals surface area contributed by atoms with Gasteiger partial charge in [0.1, 0.15) is 23.0 Å². The molecule has 1 aromatic carbocycles. The van der Waals surface area contributed by atoms with E-state index in [1.807, 2.05) is 6.92 Å². The minimum Gasteiger partial charge on any atom is -0.497 e. The number of likely N-dealkylation sites (N-methyl/N-ethyl adjacent to an activating group) is 1. The third kappa shape index (κ3) is 5.70. The summed E-state index contributed by atoms with van der Waals surface area (Å²) in [5.41, 5.74) is 6.44. The molecule has 0 aliphatic rings. The summed E-state index contributed by atoms with van der Waals surface area (Å²) < 4.78 is 5.11. The molecule has 136 valence electrons. The third-order valence-corrected chi connectivity index (χ3v) is 4.17. The second-order valence-corrected chi connectivity index (χ2v) is 5.87. The average Bonchev–Trinajstić information content (AvgIpc) is 3.08. The van der Waals surface area contributed by atoms with Crippen molar-refractivity contribution in [2.75, 3.05) is 25.5 Å². The molecule has 9 heteroatoms. The summed E-state index contributed by atoms with van der Waals surface area (Å²) in [5, 5.41) is 5.10. The van der Waals surface area contributed by atoms with Crippen molar-refractivity contribution in [3.63, 3.8) is 0 Å². The number of ether oxygens (including phenoxy) is 1. The van der Waals surface area contributed by atoms with E-state index in [0.29, 0.717) is 35.2 Å². The number of thiazole rings is 1. The smallest absolute Gasteiger partial charge is 0.273 e. The van der Waals surface area contributed by atoms with Gasteiger partial charge < -0.3 is 20.7 Å². The lowest BCUT2D eigenvalue weighted by Crippen LogP contribution is -2.38. The van der Waals surface area contributed by atoms with E-state index < -0.39 is 0 Å². The number of rotatable bonds is 7. The minimum absolute atomic E-state index is 0. The van der Waals surface area contributed by atoms with Crippen molar-refractivity contribution in [1.29, 1.82) is 0 Å². The second kappa shape index (κ2) is 9.97. The number of aromatic nitrogens is 1. The Morgan fingerprint density at radius 2 is 2.16 bits per heavy atom. The summed E-state index contributed by atoms with van der Waals surface area (Å²) in [5.74, 6) is 0.0787. The molecule has 0 fully saturated rings. The molecule has 1 heterocycles. The van der Waals surface area contributed by atoms with Gasteiger partial charge in [-0.2, -0.15) is 0 Å². The first-order valence-electron chi connectivity index (χ1n) is 7.45. The van der Waals surface area contributed by atoms with Gasteiger partial charge in [-0.15, -0.1) is 23.7 Å². The lowest BCUT2D eigenvalue weighted by molar-refractivity contribution is -0.116. The molecule has 2 rings (SSSR count). The first kappa shape index (κ1) is 20.9. The number of amides is 2. The van der Waals surface area contributed by atoms with Crippen LogP contribution < -0.4 is 15.8 Å². The molecule has 0 bridgehead atoms. The molecule has 0 aliphatic carbocycles. The molecule has 2 amide bonds. The Bertz CT molecular complexity index is 723. The van der Waals surface area contributed by atoms with Crippen LogP contribution in [0.1, 0.15) is 22.4 Å². The zero-order valence-electron chi connectivity index (χ0n) is 14.0. The van der Waals surface area contributed by atoms with Crippen LogP contribution in [0.15, 0.2) is 29.6 Å². The summed E-state index contributed by atoms with van der Waals surface area (Å²) in [7, 11) is 1.56. The van der Waals surface area contributed by atoms with Gasteiger partial charge in [-0.05, 0) is 19.1 Å². The molecule has 0 atom stereocenters. The van der Waals surface area contributed by atoms with Crippen LogP contribution in [0.3, 0.4) is 0 Å². The maximum atomic E-state index is 12.4. The quantitative estimate of drug-likeness (QED) is 0.762. The minimum atomic E-state index is -0.285. The molecule has 25 heavy (non-hydrogen) atoms. The Hall–Kier alpha value is -2.16. The zero-order valence-corrected chi connectivity index (χ0v) is 15.7. The largest absolute Gasteiger partial charge is 0.497 e. The summed E-state index contributed by atoms with van der Waals surface area (Å²) in [4.78, 5) is 30.2. The Balaban J connectivity index is 0.00000312. The van der Waals surface area contributed by atoms with E-state index in [0.717, 1.165) is 0 Å². The van der Waals surface area contributed by atoms with Gasteiger partial charge in [-0.3, -0.25) is 9.59 Å². The van der Waals surface area contributed by atoms with Gasteiger partial charge in [-0.25, -0.2) is 4.98 Å². The van der Waals surface area contributed by atoms with Crippen LogP contribution in [-0.4, -0.2) is 41.9 Å². The lowest BCUT2D eigenvalue weighted by atomic mass is 10.3. The third-order valence-electron chi connectivity index (χ3n) is 3.30. The maximum Gasteiger partial charge on any atom is 0.273 e. The van der Waals surface area contributed by atoms with Crippen LogP contribution in [0, 0.1) is 0 Å². The van der Waals surface area contributed by atoms with Crippen molar-refractivity contribution in [3.8, 4) is 5.75 Å². The van der Waals surface area contributed by atoms with Crippen molar-refractivity contribution >= 4 is 41.2 Å². The highest BCUT2D eigenvalue weighted by Crippen LogP contribution is 2.17. The highest BCUT2D eigenvalue weighted by atomic mass is 35.5. The van der Waals surface area contributed by atoms with E-state index in [1.54, 1.807) is 36.8 Å². The number of nitrogens with two attached hydrogens (primary N) is 1. The molecule has 7 nitrogen and oxygen atoms in total. The number of nitrogens with zero attached hydrogens (tertiary/aromatic N) is 2. The number of carbonyl (C=O) groups excluding carboxylic acids is 2. The Morgan fingerprint density at radius 3 is 2.76 bits per heavy atom. The Morgan fingerprint density at radius 1 is 1.40 bits per heavy atom. The fraction of sp³-hybridized carbons (Fsp3) is 0.312. The predicted octanol–water partition coefficient (Wildman–Crippen LogP) is 2.13. The van der Waals surface area contributed by atoms with Crippen molar-refractivity contribution < 1.29 is 14.3 Å². The van der Waals surface area contributed by atoms with E-state index in [9.17, 15) is 9.59 Å². The van der Waals surface area contributed by atoms with E-state index in [-0.39, 0.29) is 30.8 Å². The molecule has 0 spiro atoms. The molecular weight excluding hydrogens is 364 g/mol. The molecule has 1 aromatic heterocycles. The molecule has 0 unspecified atom stereocenters. The van der Waals surface area contributed by atoms with Crippen LogP contribution in [0.2, 0.25) is 0 Å². The van der Waals surface area contributed by atoms with Crippen molar-refractivity contribution in [3.05, 3.63) is 40.3 Å². The lowest BCUT2D eigenvalue weighted by Gasteiger charge is -2.19. The van der Waals surface area contributed by atoms with E-state index >= 15 is 0 Å². The van der Waals surface area contributed by atoms with Crippen molar-refractivity contribution in [2.24, 2.45) is 5.73 Å². The molecule has 3 N–H and O–H groups in total. The van der Waals surface area contributed by atoms with Gasteiger partial charge in [0.2, 0.25) is 5.91 Å². The molecular formula is C16H21ClN4O3S. The molecule has 0 aliphatic heterocycles. The van der Waals surface area contributed by atoms with Crippen LogP contribution in [0.4, 0.5) is 5.69 Å². The van der Waals surface area contributed by atoms with Crippen LogP contribution in [0.25, 0.3) is 0 Å². The second-order valence-electron chi connectivity index (χ2n) is 4.93. The molecule has 0 saturated carbocycles. The number of anilines is 1. The summed E-state index contributed by atoms with van der Waals surface area (Å²) in [6, 6.07) is 7.03. The normalized spacial score (nSPS) is 9.88. The van der Waals surface area contributed by atoms with Gasteiger partial charge >= 0.3 is 0 Å². The van der Waals surface area contributed by atoms with Gasteiger partial charge in [0.25, 0.3) is 5.91 Å². The van der Waals surface area contributed by atoms with Gasteiger partial charge in [-0.1, -0.05) is 6.07 Å². The molecule has 0 saturated heterocycles. The number of hydrogen-bond acceptors (Lipinski definition) is 6. The van der Waals surface area contributed by atoms with Crippen LogP contribution >= 0.6 is 23.7 Å². The summed E-state index contributed by atoms with van der Waals surface area (Å²) in [6.07, 6.45) is 0. The fourth-order valence-corrected chi connectivity index (χ4v) is 2.72. The predicted molar refractivity (Wildman–Crippen MR) is 100 cm³/mol. The highest BCUT2D eigenvalue weighted by Gasteiger charge is 2.20. The number of carbonyl (C=O) groups is 2. The fourth-order valence-electron chi connectivity index (χ4n) is 2.07.